The van der Waals surface area contributed by atoms with Gasteiger partial charge in [-0.2, -0.15) is 0 Å². The molecular formula is C13H18O3. The summed E-state index contributed by atoms with van der Waals surface area (Å²) in [5.74, 6) is -0.509. The van der Waals surface area contributed by atoms with Crippen LogP contribution in [-0.2, 0) is 4.79 Å². The van der Waals surface area contributed by atoms with Crippen molar-refractivity contribution in [2.24, 2.45) is 5.92 Å². The third kappa shape index (κ3) is 2.54. The number of benzene rings is 1. The van der Waals surface area contributed by atoms with E-state index in [-0.39, 0.29) is 5.92 Å². The van der Waals surface area contributed by atoms with Crippen molar-refractivity contribution < 1.29 is 14.6 Å². The van der Waals surface area contributed by atoms with Crippen LogP contribution in [0.3, 0.4) is 0 Å². The highest BCUT2D eigenvalue weighted by Gasteiger charge is 2.23. The average molecular weight is 222 g/mol. The van der Waals surface area contributed by atoms with Gasteiger partial charge in [0.1, 0.15) is 5.75 Å². The second-order valence-corrected chi connectivity index (χ2v) is 4.16. The highest BCUT2D eigenvalue weighted by Crippen LogP contribution is 2.32. The Hall–Kier alpha value is -1.51. The predicted octanol–water partition coefficient (Wildman–Crippen LogP) is 2.83. The van der Waals surface area contributed by atoms with Gasteiger partial charge in [-0.25, -0.2) is 0 Å². The molecule has 2 unspecified atom stereocenters. The highest BCUT2D eigenvalue weighted by atomic mass is 16.5. The summed E-state index contributed by atoms with van der Waals surface area (Å²) in [7, 11) is 1.60. The molecule has 0 amide bonds. The van der Waals surface area contributed by atoms with E-state index in [4.69, 9.17) is 9.84 Å². The van der Waals surface area contributed by atoms with Crippen LogP contribution >= 0.6 is 0 Å². The lowest BCUT2D eigenvalue weighted by Crippen LogP contribution is -2.17. The van der Waals surface area contributed by atoms with E-state index in [2.05, 4.69) is 0 Å². The number of rotatable bonds is 4. The molecule has 3 heteroatoms. The lowest BCUT2D eigenvalue weighted by molar-refractivity contribution is -0.141. The Balaban J connectivity index is 3.10. The zero-order valence-electron chi connectivity index (χ0n) is 10.2. The van der Waals surface area contributed by atoms with Crippen LogP contribution in [0, 0.1) is 12.8 Å². The van der Waals surface area contributed by atoms with Crippen molar-refractivity contribution in [3.05, 3.63) is 29.3 Å². The summed E-state index contributed by atoms with van der Waals surface area (Å²) in [6, 6.07) is 5.83. The Kier molecular flexibility index (Phi) is 3.93. The summed E-state index contributed by atoms with van der Waals surface area (Å²) in [4.78, 5) is 11.0. The van der Waals surface area contributed by atoms with Crippen LogP contribution in [0.4, 0.5) is 0 Å². The maximum absolute atomic E-state index is 11.0. The molecule has 0 bridgehead atoms. The largest absolute Gasteiger partial charge is 0.496 e. The first kappa shape index (κ1) is 12.6. The molecule has 88 valence electrons. The first-order chi connectivity index (χ1) is 7.47. The van der Waals surface area contributed by atoms with E-state index in [1.165, 1.54) is 0 Å². The SMILES string of the molecule is COc1ccc(C)cc1C(C)C(C)C(=O)O. The number of methoxy groups -OCH3 is 1. The van der Waals surface area contributed by atoms with Crippen molar-refractivity contribution in [1.82, 2.24) is 0 Å². The van der Waals surface area contributed by atoms with Gasteiger partial charge >= 0.3 is 5.97 Å². The minimum absolute atomic E-state index is 0.0626. The molecule has 0 heterocycles. The van der Waals surface area contributed by atoms with Crippen LogP contribution in [-0.4, -0.2) is 18.2 Å². The molecule has 1 N–H and O–H groups in total. The standard InChI is InChI=1S/C13H18O3/c1-8-5-6-12(16-4)11(7-8)9(2)10(3)13(14)15/h5-7,9-10H,1-4H3,(H,14,15). The van der Waals surface area contributed by atoms with Crippen molar-refractivity contribution in [3.8, 4) is 5.75 Å². The first-order valence-corrected chi connectivity index (χ1v) is 5.34. The number of aliphatic carboxylic acids is 1. The maximum atomic E-state index is 11.0. The van der Waals surface area contributed by atoms with Crippen molar-refractivity contribution in [2.45, 2.75) is 26.7 Å². The van der Waals surface area contributed by atoms with Gasteiger partial charge in [-0.05, 0) is 24.5 Å². The molecular weight excluding hydrogens is 204 g/mol. The molecule has 0 saturated heterocycles. The minimum atomic E-state index is -0.781. The van der Waals surface area contributed by atoms with Gasteiger partial charge in [0.25, 0.3) is 0 Å². The lowest BCUT2D eigenvalue weighted by Gasteiger charge is -2.19. The molecule has 1 aromatic rings. The smallest absolute Gasteiger partial charge is 0.306 e. The van der Waals surface area contributed by atoms with Crippen LogP contribution in [0.2, 0.25) is 0 Å². The van der Waals surface area contributed by atoms with Crippen LogP contribution in [0.5, 0.6) is 5.75 Å². The Morgan fingerprint density at radius 1 is 1.38 bits per heavy atom. The van der Waals surface area contributed by atoms with Gasteiger partial charge in [-0.3, -0.25) is 4.79 Å². The van der Waals surface area contributed by atoms with Crippen molar-refractivity contribution >= 4 is 5.97 Å². The van der Waals surface area contributed by atoms with E-state index in [1.807, 2.05) is 32.0 Å². The predicted molar refractivity (Wildman–Crippen MR) is 62.9 cm³/mol. The number of hydrogen-bond donors (Lipinski definition) is 1. The van der Waals surface area contributed by atoms with Gasteiger partial charge in [-0.1, -0.05) is 31.5 Å². The fraction of sp³-hybridized carbons (Fsp3) is 0.462. The second-order valence-electron chi connectivity index (χ2n) is 4.16. The summed E-state index contributed by atoms with van der Waals surface area (Å²) < 4.78 is 5.26. The molecule has 0 radical (unpaired) electrons. The van der Waals surface area contributed by atoms with Crippen molar-refractivity contribution in [3.63, 3.8) is 0 Å². The van der Waals surface area contributed by atoms with Gasteiger partial charge in [0.15, 0.2) is 0 Å². The second kappa shape index (κ2) is 5.01. The molecule has 0 saturated carbocycles. The first-order valence-electron chi connectivity index (χ1n) is 5.34. The average Bonchev–Trinajstić information content (AvgIpc) is 2.26. The fourth-order valence-corrected chi connectivity index (χ4v) is 1.69. The molecule has 0 fully saturated rings. The highest BCUT2D eigenvalue weighted by molar-refractivity contribution is 5.71. The van der Waals surface area contributed by atoms with E-state index < -0.39 is 11.9 Å². The number of aryl methyl sites for hydroxylation is 1. The quantitative estimate of drug-likeness (QED) is 0.852. The summed E-state index contributed by atoms with van der Waals surface area (Å²) in [6.45, 7) is 5.62. The van der Waals surface area contributed by atoms with Crippen LogP contribution in [0.1, 0.15) is 30.9 Å². The lowest BCUT2D eigenvalue weighted by atomic mass is 9.87. The van der Waals surface area contributed by atoms with E-state index in [1.54, 1.807) is 14.0 Å². The Morgan fingerprint density at radius 2 is 2.00 bits per heavy atom. The molecule has 0 aliphatic carbocycles. The van der Waals surface area contributed by atoms with Crippen LogP contribution in [0.15, 0.2) is 18.2 Å². The Labute approximate surface area is 96.1 Å². The molecule has 3 nitrogen and oxygen atoms in total. The molecule has 0 spiro atoms. The molecule has 0 aromatic heterocycles. The summed E-state index contributed by atoms with van der Waals surface area (Å²) in [6.07, 6.45) is 0. The van der Waals surface area contributed by atoms with E-state index in [9.17, 15) is 4.79 Å². The Bertz CT molecular complexity index is 385. The van der Waals surface area contributed by atoms with Crippen LogP contribution < -0.4 is 4.74 Å². The summed E-state index contributed by atoms with van der Waals surface area (Å²) >= 11 is 0. The van der Waals surface area contributed by atoms with E-state index >= 15 is 0 Å². The van der Waals surface area contributed by atoms with Crippen molar-refractivity contribution in [1.29, 1.82) is 0 Å². The summed E-state index contributed by atoms with van der Waals surface area (Å²) in [5, 5.41) is 9.01. The van der Waals surface area contributed by atoms with Gasteiger partial charge in [0.2, 0.25) is 0 Å². The monoisotopic (exact) mass is 222 g/mol. The van der Waals surface area contributed by atoms with Crippen LogP contribution in [0.25, 0.3) is 0 Å². The zero-order valence-corrected chi connectivity index (χ0v) is 10.2. The number of carbonyl (C=O) groups is 1. The van der Waals surface area contributed by atoms with Crippen molar-refractivity contribution in [2.75, 3.05) is 7.11 Å². The van der Waals surface area contributed by atoms with Gasteiger partial charge in [-0.15, -0.1) is 0 Å². The van der Waals surface area contributed by atoms with Gasteiger partial charge < -0.3 is 9.84 Å². The summed E-state index contributed by atoms with van der Waals surface area (Å²) in [5.41, 5.74) is 2.07. The molecule has 1 aromatic carbocycles. The third-order valence-electron chi connectivity index (χ3n) is 3.02. The molecule has 1 rings (SSSR count). The maximum Gasteiger partial charge on any atom is 0.306 e. The van der Waals surface area contributed by atoms with E-state index in [0.717, 1.165) is 16.9 Å². The number of carboxylic acids is 1. The number of carboxylic acid groups (broad SMARTS) is 1. The minimum Gasteiger partial charge on any atom is -0.496 e. The Morgan fingerprint density at radius 3 is 2.50 bits per heavy atom. The zero-order chi connectivity index (χ0) is 12.3. The number of ether oxygens (including phenoxy) is 1. The topological polar surface area (TPSA) is 46.5 Å². The molecule has 0 aliphatic heterocycles. The molecule has 0 aliphatic rings. The molecule has 2 atom stereocenters. The third-order valence-corrected chi connectivity index (χ3v) is 3.02. The fourth-order valence-electron chi connectivity index (χ4n) is 1.69. The van der Waals surface area contributed by atoms with Gasteiger partial charge in [0, 0.05) is 0 Å². The normalized spacial score (nSPS) is 14.2. The van der Waals surface area contributed by atoms with Gasteiger partial charge in [0.05, 0.1) is 13.0 Å². The molecule has 16 heavy (non-hydrogen) atoms. The van der Waals surface area contributed by atoms with E-state index in [0.29, 0.717) is 0 Å². The number of hydrogen-bond acceptors (Lipinski definition) is 2.